The van der Waals surface area contributed by atoms with E-state index in [9.17, 15) is 13.2 Å². The lowest BCUT2D eigenvalue weighted by Gasteiger charge is -2.24. The van der Waals surface area contributed by atoms with E-state index in [1.54, 1.807) is 19.2 Å². The fourth-order valence-corrected chi connectivity index (χ4v) is 3.44. The van der Waals surface area contributed by atoms with E-state index < -0.39 is 16.0 Å². The molecule has 112 valence electrons. The van der Waals surface area contributed by atoms with Gasteiger partial charge in [0.05, 0.1) is 11.3 Å². The van der Waals surface area contributed by atoms with Gasteiger partial charge in [0.2, 0.25) is 10.0 Å². The molecule has 0 aromatic heterocycles. The molecule has 0 heterocycles. The molecule has 1 aromatic carbocycles. The maximum absolute atomic E-state index is 12.3. The monoisotopic (exact) mass is 299 g/mol. The van der Waals surface area contributed by atoms with Crippen LogP contribution in [-0.2, 0) is 15.8 Å². The maximum Gasteiger partial charge on any atom is 0.335 e. The Morgan fingerprint density at radius 1 is 1.40 bits per heavy atom. The normalized spacial score (nSPS) is 13.4. The van der Waals surface area contributed by atoms with Gasteiger partial charge < -0.3 is 5.11 Å². The summed E-state index contributed by atoms with van der Waals surface area (Å²) in [6.07, 6.45) is 1.71. The topological polar surface area (TPSA) is 74.7 Å². The second-order valence-electron chi connectivity index (χ2n) is 4.92. The second kappa shape index (κ2) is 6.85. The molecular weight excluding hydrogens is 278 g/mol. The zero-order valence-electron chi connectivity index (χ0n) is 12.0. The highest BCUT2D eigenvalue weighted by Crippen LogP contribution is 2.15. The molecule has 0 spiro atoms. The van der Waals surface area contributed by atoms with Gasteiger partial charge in [0.25, 0.3) is 0 Å². The lowest BCUT2D eigenvalue weighted by molar-refractivity contribution is 0.0696. The molecule has 0 fully saturated rings. The zero-order chi connectivity index (χ0) is 15.3. The minimum Gasteiger partial charge on any atom is -0.478 e. The van der Waals surface area contributed by atoms with E-state index in [1.165, 1.54) is 16.4 Å². The summed E-state index contributed by atoms with van der Waals surface area (Å²) in [6.45, 7) is 3.88. The highest BCUT2D eigenvalue weighted by atomic mass is 32.2. The van der Waals surface area contributed by atoms with Crippen LogP contribution in [0.4, 0.5) is 0 Å². The number of sulfonamides is 1. The smallest absolute Gasteiger partial charge is 0.335 e. The Kier molecular flexibility index (Phi) is 5.71. The quantitative estimate of drug-likeness (QED) is 0.838. The third-order valence-electron chi connectivity index (χ3n) is 3.29. The first-order valence-corrected chi connectivity index (χ1v) is 8.16. The van der Waals surface area contributed by atoms with E-state index >= 15 is 0 Å². The van der Waals surface area contributed by atoms with Crippen LogP contribution >= 0.6 is 0 Å². The van der Waals surface area contributed by atoms with Gasteiger partial charge in [-0.25, -0.2) is 17.5 Å². The first-order valence-electron chi connectivity index (χ1n) is 6.56. The van der Waals surface area contributed by atoms with Crippen molar-refractivity contribution in [2.75, 3.05) is 7.05 Å². The molecule has 0 aliphatic rings. The van der Waals surface area contributed by atoms with Gasteiger partial charge in [-0.1, -0.05) is 25.5 Å². The third kappa shape index (κ3) is 4.31. The van der Waals surface area contributed by atoms with Crippen LogP contribution in [0.25, 0.3) is 0 Å². The van der Waals surface area contributed by atoms with E-state index in [1.807, 2.05) is 13.8 Å². The summed E-state index contributed by atoms with van der Waals surface area (Å²) in [4.78, 5) is 10.9. The average Bonchev–Trinajstić information content (AvgIpc) is 2.37. The van der Waals surface area contributed by atoms with E-state index in [2.05, 4.69) is 0 Å². The number of carboxylic acids is 1. The van der Waals surface area contributed by atoms with Crippen LogP contribution < -0.4 is 0 Å². The first kappa shape index (κ1) is 16.7. The number of hydrogen-bond acceptors (Lipinski definition) is 3. The number of benzene rings is 1. The molecule has 0 radical (unpaired) electrons. The van der Waals surface area contributed by atoms with Crippen LogP contribution in [0.1, 0.15) is 42.6 Å². The largest absolute Gasteiger partial charge is 0.478 e. The van der Waals surface area contributed by atoms with E-state index in [-0.39, 0.29) is 17.4 Å². The Morgan fingerprint density at radius 2 is 2.05 bits per heavy atom. The summed E-state index contributed by atoms with van der Waals surface area (Å²) in [7, 11) is -1.87. The summed E-state index contributed by atoms with van der Waals surface area (Å²) in [5, 5.41) is 8.92. The molecule has 6 heteroatoms. The molecule has 0 saturated carbocycles. The lowest BCUT2D eigenvalue weighted by atomic mass is 10.1. The Morgan fingerprint density at radius 3 is 2.60 bits per heavy atom. The number of aromatic carboxylic acids is 1. The minimum atomic E-state index is -3.44. The van der Waals surface area contributed by atoms with Crippen molar-refractivity contribution in [2.24, 2.45) is 0 Å². The SMILES string of the molecule is CCCC(C)N(C)S(=O)(=O)Cc1cccc(C(=O)O)c1. The molecule has 1 unspecified atom stereocenters. The van der Waals surface area contributed by atoms with Gasteiger partial charge in [-0.15, -0.1) is 0 Å². The maximum atomic E-state index is 12.3. The minimum absolute atomic E-state index is 0.0624. The van der Waals surface area contributed by atoms with Gasteiger partial charge >= 0.3 is 5.97 Å². The number of carbonyl (C=O) groups is 1. The molecule has 0 aliphatic heterocycles. The van der Waals surface area contributed by atoms with E-state index in [0.29, 0.717) is 5.56 Å². The fourth-order valence-electron chi connectivity index (χ4n) is 1.98. The van der Waals surface area contributed by atoms with Gasteiger partial charge in [0, 0.05) is 13.1 Å². The second-order valence-corrected chi connectivity index (χ2v) is 6.94. The Hall–Kier alpha value is -1.40. The number of nitrogens with zero attached hydrogens (tertiary/aromatic N) is 1. The molecule has 1 atom stereocenters. The van der Waals surface area contributed by atoms with Gasteiger partial charge in [-0.2, -0.15) is 0 Å². The Balaban J connectivity index is 2.91. The third-order valence-corrected chi connectivity index (χ3v) is 5.22. The first-order chi connectivity index (χ1) is 9.27. The molecule has 5 nitrogen and oxygen atoms in total. The summed E-state index contributed by atoms with van der Waals surface area (Å²) >= 11 is 0. The zero-order valence-corrected chi connectivity index (χ0v) is 12.9. The molecule has 0 bridgehead atoms. The van der Waals surface area contributed by atoms with Crippen molar-refractivity contribution in [3.05, 3.63) is 35.4 Å². The Bertz CT molecular complexity index is 568. The van der Waals surface area contributed by atoms with Gasteiger partial charge in [-0.05, 0) is 31.0 Å². The molecule has 1 rings (SSSR count). The Labute approximate surface area is 120 Å². The number of hydrogen-bond donors (Lipinski definition) is 1. The van der Waals surface area contributed by atoms with E-state index in [4.69, 9.17) is 5.11 Å². The predicted molar refractivity (Wildman–Crippen MR) is 78.2 cm³/mol. The molecule has 0 amide bonds. The van der Waals surface area contributed by atoms with Crippen LogP contribution in [-0.4, -0.2) is 36.9 Å². The van der Waals surface area contributed by atoms with Crippen molar-refractivity contribution in [1.29, 1.82) is 0 Å². The lowest BCUT2D eigenvalue weighted by Crippen LogP contribution is -2.35. The van der Waals surface area contributed by atoms with Crippen molar-refractivity contribution >= 4 is 16.0 Å². The molecule has 20 heavy (non-hydrogen) atoms. The fraction of sp³-hybridized carbons (Fsp3) is 0.500. The van der Waals surface area contributed by atoms with Crippen LogP contribution in [0.3, 0.4) is 0 Å². The van der Waals surface area contributed by atoms with Crippen LogP contribution in [0.2, 0.25) is 0 Å². The van der Waals surface area contributed by atoms with Crippen LogP contribution in [0.5, 0.6) is 0 Å². The average molecular weight is 299 g/mol. The van der Waals surface area contributed by atoms with Gasteiger partial charge in [-0.3, -0.25) is 0 Å². The van der Waals surface area contributed by atoms with Crippen molar-refractivity contribution in [3.63, 3.8) is 0 Å². The highest BCUT2D eigenvalue weighted by Gasteiger charge is 2.23. The molecule has 1 aromatic rings. The number of carboxylic acid groups (broad SMARTS) is 1. The number of rotatable bonds is 7. The van der Waals surface area contributed by atoms with Gasteiger partial charge in [0.15, 0.2) is 0 Å². The van der Waals surface area contributed by atoms with Gasteiger partial charge in [0.1, 0.15) is 0 Å². The van der Waals surface area contributed by atoms with Crippen molar-refractivity contribution in [3.8, 4) is 0 Å². The van der Waals surface area contributed by atoms with E-state index in [0.717, 1.165) is 12.8 Å². The molecular formula is C14H21NO4S. The van der Waals surface area contributed by atoms with Crippen molar-refractivity contribution in [2.45, 2.75) is 38.5 Å². The highest BCUT2D eigenvalue weighted by molar-refractivity contribution is 7.88. The van der Waals surface area contributed by atoms with Crippen LogP contribution in [0, 0.1) is 0 Å². The molecule has 0 aliphatic carbocycles. The van der Waals surface area contributed by atoms with Crippen LogP contribution in [0.15, 0.2) is 24.3 Å². The predicted octanol–water partition coefficient (Wildman–Crippen LogP) is 2.33. The molecule has 1 N–H and O–H groups in total. The van der Waals surface area contributed by atoms with Crippen molar-refractivity contribution in [1.82, 2.24) is 4.31 Å². The summed E-state index contributed by atoms with van der Waals surface area (Å²) in [5.41, 5.74) is 0.586. The summed E-state index contributed by atoms with van der Waals surface area (Å²) < 4.78 is 25.9. The standard InChI is InChI=1S/C14H21NO4S/c1-4-6-11(2)15(3)20(18,19)10-12-7-5-8-13(9-12)14(16)17/h5,7-9,11H,4,6,10H2,1-3H3,(H,16,17). The molecule has 0 saturated heterocycles. The summed E-state index contributed by atoms with van der Waals surface area (Å²) in [6, 6.07) is 5.97. The summed E-state index contributed by atoms with van der Waals surface area (Å²) in [5.74, 6) is -1.24. The van der Waals surface area contributed by atoms with Crippen molar-refractivity contribution < 1.29 is 18.3 Å².